The fraction of sp³-hybridized carbons (Fsp3) is 0.800. The van der Waals surface area contributed by atoms with Crippen molar-refractivity contribution in [3.8, 4) is 0 Å². The van der Waals surface area contributed by atoms with E-state index in [0.29, 0.717) is 0 Å². The van der Waals surface area contributed by atoms with Gasteiger partial charge in [0.1, 0.15) is 0 Å². The van der Waals surface area contributed by atoms with Crippen molar-refractivity contribution in [2.45, 2.75) is 13.8 Å². The Labute approximate surface area is 81.8 Å². The molecule has 0 amide bonds. The number of hydrogen-bond acceptors (Lipinski definition) is 3. The first-order valence-corrected chi connectivity index (χ1v) is 5.08. The minimum Gasteiger partial charge on any atom is -0.390 e. The van der Waals surface area contributed by atoms with E-state index in [1.165, 1.54) is 0 Å². The molecule has 0 aromatic carbocycles. The third kappa shape index (κ3) is 6.61. The molecule has 0 radical (unpaired) electrons. The van der Waals surface area contributed by atoms with E-state index in [1.54, 1.807) is 6.20 Å². The van der Waals surface area contributed by atoms with Crippen molar-refractivity contribution >= 4 is 0 Å². The second kappa shape index (κ2) is 9.55. The van der Waals surface area contributed by atoms with Crippen molar-refractivity contribution in [3.63, 3.8) is 0 Å². The van der Waals surface area contributed by atoms with Gasteiger partial charge in [0, 0.05) is 26.2 Å². The Kier molecular flexibility index (Phi) is 9.15. The van der Waals surface area contributed by atoms with Crippen LogP contribution in [0.5, 0.6) is 0 Å². The van der Waals surface area contributed by atoms with Gasteiger partial charge in [0.15, 0.2) is 0 Å². The molecular weight excluding hydrogens is 164 g/mol. The van der Waals surface area contributed by atoms with Crippen LogP contribution in [-0.2, 0) is 4.74 Å². The monoisotopic (exact) mass is 186 g/mol. The van der Waals surface area contributed by atoms with Gasteiger partial charge in [-0.3, -0.25) is 4.90 Å². The van der Waals surface area contributed by atoms with Gasteiger partial charge in [0.2, 0.25) is 0 Å². The number of rotatable bonds is 4. The number of hydrogen-bond donors (Lipinski definition) is 1. The maximum absolute atomic E-state index is 5.22. The van der Waals surface area contributed by atoms with E-state index in [-0.39, 0.29) is 0 Å². The molecule has 78 valence electrons. The van der Waals surface area contributed by atoms with E-state index >= 15 is 0 Å². The largest absolute Gasteiger partial charge is 0.390 e. The Bertz CT molecular complexity index is 111. The normalized spacial score (nSPS) is 17.1. The zero-order valence-corrected chi connectivity index (χ0v) is 8.88. The van der Waals surface area contributed by atoms with Crippen LogP contribution in [0.4, 0.5) is 0 Å². The smallest absolute Gasteiger partial charge is 0.0594 e. The van der Waals surface area contributed by atoms with Crippen LogP contribution in [0.25, 0.3) is 0 Å². The van der Waals surface area contributed by atoms with E-state index in [2.05, 4.69) is 16.8 Å². The van der Waals surface area contributed by atoms with Crippen LogP contribution < -0.4 is 5.32 Å². The lowest BCUT2D eigenvalue weighted by atomic mass is 10.4. The molecular formula is C10H22N2O. The van der Waals surface area contributed by atoms with Gasteiger partial charge in [0.25, 0.3) is 0 Å². The van der Waals surface area contributed by atoms with Crippen LogP contribution in [-0.4, -0.2) is 44.3 Å². The zero-order chi connectivity index (χ0) is 9.94. The van der Waals surface area contributed by atoms with Gasteiger partial charge in [-0.15, -0.1) is 0 Å². The summed E-state index contributed by atoms with van der Waals surface area (Å²) in [5.41, 5.74) is 0. The molecule has 1 fully saturated rings. The molecule has 1 aliphatic rings. The standard InChI is InChI=1S/C8H16N2O.C2H6/c1-2-9-3-4-10-5-7-11-8-6-10;1-2/h2,9H,1,3-8H2;1-2H3. The van der Waals surface area contributed by atoms with Crippen molar-refractivity contribution in [1.29, 1.82) is 0 Å². The highest BCUT2D eigenvalue weighted by Gasteiger charge is 2.08. The topological polar surface area (TPSA) is 24.5 Å². The zero-order valence-electron chi connectivity index (χ0n) is 8.88. The van der Waals surface area contributed by atoms with Crippen LogP contribution in [0.15, 0.2) is 12.8 Å². The number of nitrogens with one attached hydrogen (secondary N) is 1. The van der Waals surface area contributed by atoms with Crippen molar-refractivity contribution in [2.24, 2.45) is 0 Å². The first-order chi connectivity index (χ1) is 6.43. The molecule has 0 atom stereocenters. The van der Waals surface area contributed by atoms with Crippen LogP contribution in [0, 0.1) is 0 Å². The highest BCUT2D eigenvalue weighted by Crippen LogP contribution is 1.94. The summed E-state index contributed by atoms with van der Waals surface area (Å²) in [5, 5.41) is 3.08. The molecule has 1 aliphatic heterocycles. The summed E-state index contributed by atoms with van der Waals surface area (Å²) in [5.74, 6) is 0. The molecule has 1 rings (SSSR count). The summed E-state index contributed by atoms with van der Waals surface area (Å²) in [6.07, 6.45) is 1.74. The van der Waals surface area contributed by atoms with Crippen molar-refractivity contribution in [3.05, 3.63) is 12.8 Å². The number of ether oxygens (including phenoxy) is 1. The molecule has 13 heavy (non-hydrogen) atoms. The lowest BCUT2D eigenvalue weighted by Crippen LogP contribution is -2.39. The Morgan fingerprint density at radius 3 is 2.54 bits per heavy atom. The molecule has 3 heteroatoms. The van der Waals surface area contributed by atoms with Gasteiger partial charge in [-0.2, -0.15) is 0 Å². The summed E-state index contributed by atoms with van der Waals surface area (Å²) >= 11 is 0. The van der Waals surface area contributed by atoms with E-state index in [0.717, 1.165) is 39.4 Å². The minimum absolute atomic E-state index is 0.883. The van der Waals surface area contributed by atoms with Crippen LogP contribution >= 0.6 is 0 Å². The average Bonchev–Trinajstić information content (AvgIpc) is 2.23. The highest BCUT2D eigenvalue weighted by molar-refractivity contribution is 4.67. The molecule has 1 heterocycles. The molecule has 0 bridgehead atoms. The summed E-state index contributed by atoms with van der Waals surface area (Å²) in [7, 11) is 0. The van der Waals surface area contributed by atoms with E-state index in [9.17, 15) is 0 Å². The second-order valence-electron chi connectivity index (χ2n) is 2.61. The Balaban J connectivity index is 0.000000671. The third-order valence-corrected chi connectivity index (χ3v) is 1.82. The maximum atomic E-state index is 5.22. The van der Waals surface area contributed by atoms with Crippen LogP contribution in [0.1, 0.15) is 13.8 Å². The Hall–Kier alpha value is -0.540. The first-order valence-electron chi connectivity index (χ1n) is 5.08. The van der Waals surface area contributed by atoms with Crippen LogP contribution in [0.3, 0.4) is 0 Å². The average molecular weight is 186 g/mol. The minimum atomic E-state index is 0.883. The lowest BCUT2D eigenvalue weighted by molar-refractivity contribution is 0.0388. The Morgan fingerprint density at radius 1 is 1.38 bits per heavy atom. The summed E-state index contributed by atoms with van der Waals surface area (Å²) in [6.45, 7) is 13.6. The van der Waals surface area contributed by atoms with E-state index < -0.39 is 0 Å². The molecule has 0 aromatic rings. The van der Waals surface area contributed by atoms with Gasteiger partial charge in [0.05, 0.1) is 13.2 Å². The third-order valence-electron chi connectivity index (χ3n) is 1.82. The second-order valence-corrected chi connectivity index (χ2v) is 2.61. The lowest BCUT2D eigenvalue weighted by Gasteiger charge is -2.26. The van der Waals surface area contributed by atoms with E-state index in [4.69, 9.17) is 4.74 Å². The molecule has 0 unspecified atom stereocenters. The quantitative estimate of drug-likeness (QED) is 0.665. The fourth-order valence-electron chi connectivity index (χ4n) is 1.15. The number of morpholine rings is 1. The van der Waals surface area contributed by atoms with Crippen molar-refractivity contribution in [1.82, 2.24) is 10.2 Å². The van der Waals surface area contributed by atoms with Gasteiger partial charge in [-0.05, 0) is 6.20 Å². The van der Waals surface area contributed by atoms with Gasteiger partial charge >= 0.3 is 0 Å². The fourth-order valence-corrected chi connectivity index (χ4v) is 1.15. The Morgan fingerprint density at radius 2 is 2.00 bits per heavy atom. The molecule has 0 spiro atoms. The highest BCUT2D eigenvalue weighted by atomic mass is 16.5. The molecule has 0 aliphatic carbocycles. The van der Waals surface area contributed by atoms with Gasteiger partial charge in [-0.1, -0.05) is 20.4 Å². The van der Waals surface area contributed by atoms with Gasteiger partial charge < -0.3 is 10.1 Å². The van der Waals surface area contributed by atoms with Gasteiger partial charge in [-0.25, -0.2) is 0 Å². The van der Waals surface area contributed by atoms with Crippen molar-refractivity contribution < 1.29 is 4.74 Å². The number of nitrogens with zero attached hydrogens (tertiary/aromatic N) is 1. The SMILES string of the molecule is C=CNCCN1CCOCC1.CC. The summed E-state index contributed by atoms with van der Waals surface area (Å²) < 4.78 is 5.22. The molecule has 1 N–H and O–H groups in total. The molecule has 1 saturated heterocycles. The molecule has 3 nitrogen and oxygen atoms in total. The first kappa shape index (κ1) is 12.5. The van der Waals surface area contributed by atoms with Crippen LogP contribution in [0.2, 0.25) is 0 Å². The molecule has 0 saturated carbocycles. The summed E-state index contributed by atoms with van der Waals surface area (Å²) in [6, 6.07) is 0. The maximum Gasteiger partial charge on any atom is 0.0594 e. The predicted octanol–water partition coefficient (Wildman–Crippen LogP) is 1.08. The summed E-state index contributed by atoms with van der Waals surface area (Å²) in [4.78, 5) is 2.39. The van der Waals surface area contributed by atoms with Crippen molar-refractivity contribution in [2.75, 3.05) is 39.4 Å². The van der Waals surface area contributed by atoms with E-state index in [1.807, 2.05) is 13.8 Å². The predicted molar refractivity (Wildman–Crippen MR) is 56.8 cm³/mol. The molecule has 0 aromatic heterocycles.